The molecule has 1 aliphatic rings. The fourth-order valence-electron chi connectivity index (χ4n) is 1.96. The van der Waals surface area contributed by atoms with E-state index in [4.69, 9.17) is 15.6 Å². The molecular formula is C12H17N3O3. The smallest absolute Gasteiger partial charge is 0.354 e. The van der Waals surface area contributed by atoms with Gasteiger partial charge in [0.1, 0.15) is 6.61 Å². The molecule has 0 aromatic carbocycles. The summed E-state index contributed by atoms with van der Waals surface area (Å²) in [5, 5.41) is 8.83. The number of likely N-dealkylation sites (tertiary alicyclic amines) is 1. The first-order valence-electron chi connectivity index (χ1n) is 6.02. The molecule has 2 heterocycles. The van der Waals surface area contributed by atoms with Crippen molar-refractivity contribution in [2.45, 2.75) is 12.8 Å². The Morgan fingerprint density at radius 2 is 2.17 bits per heavy atom. The largest absolute Gasteiger partial charge is 0.477 e. The van der Waals surface area contributed by atoms with E-state index in [0.717, 1.165) is 19.6 Å². The van der Waals surface area contributed by atoms with Crippen LogP contribution in [0.4, 0.5) is 5.69 Å². The van der Waals surface area contributed by atoms with Crippen LogP contribution in [0.5, 0.6) is 5.88 Å². The summed E-state index contributed by atoms with van der Waals surface area (Å²) >= 11 is 0. The van der Waals surface area contributed by atoms with E-state index < -0.39 is 5.97 Å². The zero-order chi connectivity index (χ0) is 13.0. The van der Waals surface area contributed by atoms with Crippen LogP contribution in [0.2, 0.25) is 0 Å². The third-order valence-corrected chi connectivity index (χ3v) is 2.95. The Bertz CT molecular complexity index is 431. The van der Waals surface area contributed by atoms with Gasteiger partial charge in [-0.1, -0.05) is 0 Å². The first kappa shape index (κ1) is 12.6. The zero-order valence-corrected chi connectivity index (χ0v) is 10.1. The number of nitrogens with zero attached hydrogens (tertiary/aromatic N) is 2. The first-order chi connectivity index (χ1) is 8.66. The normalized spacial score (nSPS) is 15.8. The Labute approximate surface area is 105 Å². The predicted molar refractivity (Wildman–Crippen MR) is 66.8 cm³/mol. The van der Waals surface area contributed by atoms with E-state index in [1.165, 1.54) is 25.0 Å². The first-order valence-corrected chi connectivity index (χ1v) is 6.02. The Morgan fingerprint density at radius 3 is 2.83 bits per heavy atom. The molecule has 3 N–H and O–H groups in total. The van der Waals surface area contributed by atoms with Crippen LogP contribution in [0.3, 0.4) is 0 Å². The zero-order valence-electron chi connectivity index (χ0n) is 10.1. The second-order valence-electron chi connectivity index (χ2n) is 4.29. The number of anilines is 1. The number of aromatic carboxylic acids is 1. The lowest BCUT2D eigenvalue weighted by atomic mass is 10.3. The minimum absolute atomic E-state index is 0.0552. The monoisotopic (exact) mass is 251 g/mol. The highest BCUT2D eigenvalue weighted by atomic mass is 16.5. The number of ether oxygens (including phenoxy) is 1. The van der Waals surface area contributed by atoms with Crippen molar-refractivity contribution in [3.8, 4) is 5.88 Å². The number of rotatable bonds is 5. The summed E-state index contributed by atoms with van der Waals surface area (Å²) in [4.78, 5) is 17.0. The van der Waals surface area contributed by atoms with Gasteiger partial charge < -0.3 is 15.6 Å². The number of nitrogen functional groups attached to an aromatic ring is 1. The average Bonchev–Trinajstić information content (AvgIpc) is 2.84. The van der Waals surface area contributed by atoms with Crippen molar-refractivity contribution in [1.82, 2.24) is 9.88 Å². The van der Waals surface area contributed by atoms with Crippen LogP contribution in [-0.2, 0) is 0 Å². The van der Waals surface area contributed by atoms with E-state index in [1.54, 1.807) is 0 Å². The standard InChI is InChI=1S/C12H17N3O3/c13-9-3-4-10(12(16)17)14-11(9)18-8-7-15-5-1-2-6-15/h3-4H,1-2,5-8,13H2,(H,16,17). The van der Waals surface area contributed by atoms with Crippen molar-refractivity contribution in [2.24, 2.45) is 0 Å². The fourth-order valence-corrected chi connectivity index (χ4v) is 1.96. The van der Waals surface area contributed by atoms with Crippen LogP contribution in [0, 0.1) is 0 Å². The highest BCUT2D eigenvalue weighted by Crippen LogP contribution is 2.18. The lowest BCUT2D eigenvalue weighted by Crippen LogP contribution is -2.25. The molecule has 98 valence electrons. The number of hydrogen-bond acceptors (Lipinski definition) is 5. The molecule has 6 nitrogen and oxygen atoms in total. The number of carboxylic acids is 1. The van der Waals surface area contributed by atoms with Gasteiger partial charge in [0.2, 0.25) is 5.88 Å². The second kappa shape index (κ2) is 5.68. The third-order valence-electron chi connectivity index (χ3n) is 2.95. The molecule has 1 fully saturated rings. The average molecular weight is 251 g/mol. The van der Waals surface area contributed by atoms with Crippen LogP contribution >= 0.6 is 0 Å². The molecule has 1 aromatic heterocycles. The highest BCUT2D eigenvalue weighted by molar-refractivity contribution is 5.86. The van der Waals surface area contributed by atoms with Gasteiger partial charge in [0.25, 0.3) is 0 Å². The fraction of sp³-hybridized carbons (Fsp3) is 0.500. The van der Waals surface area contributed by atoms with Crippen LogP contribution in [-0.4, -0.2) is 47.2 Å². The molecule has 0 radical (unpaired) electrons. The van der Waals surface area contributed by atoms with E-state index in [-0.39, 0.29) is 11.6 Å². The SMILES string of the molecule is Nc1ccc(C(=O)O)nc1OCCN1CCCC1. The minimum Gasteiger partial charge on any atom is -0.477 e. The van der Waals surface area contributed by atoms with Crippen molar-refractivity contribution < 1.29 is 14.6 Å². The van der Waals surface area contributed by atoms with Gasteiger partial charge in [-0.3, -0.25) is 4.90 Å². The summed E-state index contributed by atoms with van der Waals surface area (Å²) in [5.74, 6) is -0.881. The maximum Gasteiger partial charge on any atom is 0.354 e. The number of nitrogens with two attached hydrogens (primary N) is 1. The molecule has 6 heteroatoms. The topological polar surface area (TPSA) is 88.7 Å². The Kier molecular flexibility index (Phi) is 3.99. The van der Waals surface area contributed by atoms with Gasteiger partial charge in [-0.2, -0.15) is 0 Å². The Morgan fingerprint density at radius 1 is 1.44 bits per heavy atom. The van der Waals surface area contributed by atoms with E-state index in [9.17, 15) is 4.79 Å². The van der Waals surface area contributed by atoms with Crippen molar-refractivity contribution in [1.29, 1.82) is 0 Å². The quantitative estimate of drug-likeness (QED) is 0.806. The molecule has 18 heavy (non-hydrogen) atoms. The van der Waals surface area contributed by atoms with Gasteiger partial charge in [0.15, 0.2) is 5.69 Å². The minimum atomic E-state index is -1.08. The molecule has 0 bridgehead atoms. The second-order valence-corrected chi connectivity index (χ2v) is 4.29. The van der Waals surface area contributed by atoms with Crippen LogP contribution in [0.15, 0.2) is 12.1 Å². The molecule has 0 unspecified atom stereocenters. The Balaban J connectivity index is 1.91. The van der Waals surface area contributed by atoms with Crippen LogP contribution in [0.1, 0.15) is 23.3 Å². The van der Waals surface area contributed by atoms with Gasteiger partial charge >= 0.3 is 5.97 Å². The van der Waals surface area contributed by atoms with Crippen molar-refractivity contribution >= 4 is 11.7 Å². The number of carbonyl (C=O) groups is 1. The van der Waals surface area contributed by atoms with Crippen molar-refractivity contribution in [3.63, 3.8) is 0 Å². The summed E-state index contributed by atoms with van der Waals surface area (Å²) in [5.41, 5.74) is 6.00. The number of aromatic nitrogens is 1. The lowest BCUT2D eigenvalue weighted by Gasteiger charge is -2.15. The van der Waals surface area contributed by atoms with E-state index >= 15 is 0 Å². The van der Waals surface area contributed by atoms with Gasteiger partial charge in [0.05, 0.1) is 5.69 Å². The molecular weight excluding hydrogens is 234 g/mol. The molecule has 0 atom stereocenters. The lowest BCUT2D eigenvalue weighted by molar-refractivity contribution is 0.0689. The molecule has 0 aliphatic carbocycles. The molecule has 1 aromatic rings. The third kappa shape index (κ3) is 3.10. The summed E-state index contributed by atoms with van der Waals surface area (Å²) in [7, 11) is 0. The van der Waals surface area contributed by atoms with Gasteiger partial charge in [-0.05, 0) is 38.1 Å². The molecule has 0 spiro atoms. The summed E-state index contributed by atoms with van der Waals surface area (Å²) < 4.78 is 5.45. The van der Waals surface area contributed by atoms with Gasteiger partial charge in [0, 0.05) is 6.54 Å². The van der Waals surface area contributed by atoms with Crippen molar-refractivity contribution in [2.75, 3.05) is 32.0 Å². The predicted octanol–water partition coefficient (Wildman–Crippen LogP) is 0.837. The molecule has 1 saturated heterocycles. The van der Waals surface area contributed by atoms with E-state index in [1.807, 2.05) is 0 Å². The summed E-state index contributed by atoms with van der Waals surface area (Å²) in [6.07, 6.45) is 2.46. The maximum absolute atomic E-state index is 10.8. The van der Waals surface area contributed by atoms with Crippen LogP contribution in [0.25, 0.3) is 0 Å². The summed E-state index contributed by atoms with van der Waals surface area (Å²) in [6.45, 7) is 3.49. The van der Waals surface area contributed by atoms with Crippen LogP contribution < -0.4 is 10.5 Å². The number of hydrogen-bond donors (Lipinski definition) is 2. The highest BCUT2D eigenvalue weighted by Gasteiger charge is 2.13. The molecule has 2 rings (SSSR count). The van der Waals surface area contributed by atoms with Crippen molar-refractivity contribution in [3.05, 3.63) is 17.8 Å². The molecule has 0 saturated carbocycles. The van der Waals surface area contributed by atoms with E-state index in [0.29, 0.717) is 12.3 Å². The van der Waals surface area contributed by atoms with E-state index in [2.05, 4.69) is 9.88 Å². The molecule has 0 amide bonds. The van der Waals surface area contributed by atoms with Gasteiger partial charge in [-0.25, -0.2) is 9.78 Å². The summed E-state index contributed by atoms with van der Waals surface area (Å²) in [6, 6.07) is 2.87. The van der Waals surface area contributed by atoms with Gasteiger partial charge in [-0.15, -0.1) is 0 Å². The maximum atomic E-state index is 10.8. The number of carboxylic acid groups (broad SMARTS) is 1. The number of pyridine rings is 1. The molecule has 1 aliphatic heterocycles. The Hall–Kier alpha value is -1.82.